The molecule has 0 heterocycles. The van der Waals surface area contributed by atoms with Crippen molar-refractivity contribution in [2.24, 2.45) is 0 Å². The fourth-order valence-corrected chi connectivity index (χ4v) is 1.14. The van der Waals surface area contributed by atoms with Crippen LogP contribution in [0.2, 0.25) is 0 Å². The maximum Gasteiger partial charge on any atom is 0.294 e. The maximum atomic E-state index is 10.7. The van der Waals surface area contributed by atoms with Gasteiger partial charge in [-0.05, 0) is 25.5 Å². The van der Waals surface area contributed by atoms with Crippen molar-refractivity contribution < 1.29 is 13.0 Å². The lowest BCUT2D eigenvalue weighted by atomic mass is 10.3. The van der Waals surface area contributed by atoms with E-state index in [4.69, 9.17) is 4.55 Å². The summed E-state index contributed by atoms with van der Waals surface area (Å²) in [7, 11) is -4.11. The van der Waals surface area contributed by atoms with Gasteiger partial charge in [-0.3, -0.25) is 4.55 Å². The molecule has 0 aliphatic carbocycles. The molecule has 0 aromatic heterocycles. The van der Waals surface area contributed by atoms with E-state index in [2.05, 4.69) is 12.3 Å². The zero-order valence-corrected chi connectivity index (χ0v) is 8.43. The van der Waals surface area contributed by atoms with Crippen LogP contribution in [-0.2, 0) is 10.1 Å². The van der Waals surface area contributed by atoms with Crippen molar-refractivity contribution in [1.29, 1.82) is 0 Å². The molecule has 0 spiro atoms. The smallest absolute Gasteiger partial charge is 0.282 e. The molecule has 0 unspecified atom stereocenters. The summed E-state index contributed by atoms with van der Waals surface area (Å²) in [5.41, 5.74) is 3.27. The zero-order valence-electron chi connectivity index (χ0n) is 7.61. The maximum absolute atomic E-state index is 10.7. The number of rotatable bonds is 3. The van der Waals surface area contributed by atoms with Gasteiger partial charge >= 0.3 is 0 Å². The molecule has 4 heteroatoms. The lowest BCUT2D eigenvalue weighted by molar-refractivity contribution is 0.492. The lowest BCUT2D eigenvalue weighted by Gasteiger charge is -1.94. The van der Waals surface area contributed by atoms with Gasteiger partial charge < -0.3 is 0 Å². The van der Waals surface area contributed by atoms with E-state index in [0.717, 1.165) is 0 Å². The highest BCUT2D eigenvalue weighted by Crippen LogP contribution is 2.06. The van der Waals surface area contributed by atoms with Crippen LogP contribution in [0.1, 0.15) is 13.8 Å². The second-order valence-electron chi connectivity index (χ2n) is 2.36. The van der Waals surface area contributed by atoms with Crippen molar-refractivity contribution in [2.75, 3.05) is 0 Å². The molecule has 0 aromatic carbocycles. The molecule has 0 saturated heterocycles. The summed E-state index contributed by atoms with van der Waals surface area (Å²) in [6.07, 6.45) is 4.11. The molecule has 1 N–H and O–H groups in total. The van der Waals surface area contributed by atoms with Crippen LogP contribution >= 0.6 is 0 Å². The fraction of sp³-hybridized carbons (Fsp3) is 0.222. The first-order valence-electron chi connectivity index (χ1n) is 3.60. The van der Waals surface area contributed by atoms with Crippen LogP contribution in [0.3, 0.4) is 0 Å². The normalized spacial score (nSPS) is 13.0. The third-order valence-corrected chi connectivity index (χ3v) is 2.33. The Balaban J connectivity index is 4.91. The average Bonchev–Trinajstić information content (AvgIpc) is 2.02. The standard InChI is InChI=1S/C9H12O3S/c1-4-8(3)6-7-9(5-2)13(10,11)12/h5-7H,1H2,2-3H3,(H,10,11,12)/b7-6-,9-5+. The Morgan fingerprint density at radius 1 is 1.46 bits per heavy atom. The highest BCUT2D eigenvalue weighted by atomic mass is 32.2. The van der Waals surface area contributed by atoms with Crippen LogP contribution in [-0.4, -0.2) is 13.0 Å². The average molecular weight is 200 g/mol. The molecule has 0 aromatic rings. The SMILES string of the molecule is C=C=C(C)/C=C\C(=C/C)S(=O)(=O)O. The van der Waals surface area contributed by atoms with Gasteiger partial charge in [0.05, 0.1) is 4.91 Å². The third kappa shape index (κ3) is 4.48. The Morgan fingerprint density at radius 2 is 2.00 bits per heavy atom. The van der Waals surface area contributed by atoms with Crippen LogP contribution in [0, 0.1) is 0 Å². The highest BCUT2D eigenvalue weighted by molar-refractivity contribution is 7.90. The molecule has 0 saturated carbocycles. The van der Waals surface area contributed by atoms with Gasteiger partial charge in [0, 0.05) is 0 Å². The van der Waals surface area contributed by atoms with Crippen LogP contribution in [0.15, 0.2) is 41.0 Å². The van der Waals surface area contributed by atoms with Gasteiger partial charge in [0.15, 0.2) is 0 Å². The number of allylic oxidation sites excluding steroid dienone is 4. The molecule has 0 fully saturated rings. The highest BCUT2D eigenvalue weighted by Gasteiger charge is 2.07. The molecule has 0 atom stereocenters. The molecule has 72 valence electrons. The van der Waals surface area contributed by atoms with Crippen LogP contribution < -0.4 is 0 Å². The molecule has 0 rings (SSSR count). The van der Waals surface area contributed by atoms with E-state index in [1.807, 2.05) is 0 Å². The topological polar surface area (TPSA) is 54.4 Å². The van der Waals surface area contributed by atoms with Gasteiger partial charge in [-0.15, -0.1) is 5.73 Å². The second-order valence-corrected chi connectivity index (χ2v) is 3.78. The molecule has 0 aliphatic rings. The van der Waals surface area contributed by atoms with E-state index < -0.39 is 10.1 Å². The summed E-state index contributed by atoms with van der Waals surface area (Å²) in [5, 5.41) is 0. The molecule has 0 radical (unpaired) electrons. The monoisotopic (exact) mass is 200 g/mol. The summed E-state index contributed by atoms with van der Waals surface area (Å²) in [4.78, 5) is -0.137. The first-order chi connectivity index (χ1) is 5.91. The van der Waals surface area contributed by atoms with Crippen LogP contribution in [0.25, 0.3) is 0 Å². The molecule has 3 nitrogen and oxygen atoms in total. The van der Waals surface area contributed by atoms with Gasteiger partial charge in [-0.1, -0.05) is 18.7 Å². The van der Waals surface area contributed by atoms with Crippen molar-refractivity contribution in [3.8, 4) is 0 Å². The quantitative estimate of drug-likeness (QED) is 0.431. The summed E-state index contributed by atoms with van der Waals surface area (Å²) < 4.78 is 30.0. The lowest BCUT2D eigenvalue weighted by Crippen LogP contribution is -1.98. The van der Waals surface area contributed by atoms with E-state index in [1.54, 1.807) is 6.92 Å². The molecular weight excluding hydrogens is 188 g/mol. The van der Waals surface area contributed by atoms with Crippen molar-refractivity contribution >= 4 is 10.1 Å². The van der Waals surface area contributed by atoms with E-state index in [-0.39, 0.29) is 4.91 Å². The van der Waals surface area contributed by atoms with Gasteiger partial charge in [0.25, 0.3) is 10.1 Å². The fourth-order valence-electron chi connectivity index (χ4n) is 0.597. The Morgan fingerprint density at radius 3 is 2.31 bits per heavy atom. The van der Waals surface area contributed by atoms with E-state index in [0.29, 0.717) is 5.57 Å². The minimum Gasteiger partial charge on any atom is -0.282 e. The Kier molecular flexibility index (Phi) is 4.42. The van der Waals surface area contributed by atoms with E-state index in [9.17, 15) is 8.42 Å². The molecular formula is C9H12O3S. The predicted molar refractivity (Wildman–Crippen MR) is 52.8 cm³/mol. The van der Waals surface area contributed by atoms with Crippen molar-refractivity contribution in [1.82, 2.24) is 0 Å². The predicted octanol–water partition coefficient (Wildman–Crippen LogP) is 2.07. The summed E-state index contributed by atoms with van der Waals surface area (Å²) in [5.74, 6) is 0. The van der Waals surface area contributed by atoms with Gasteiger partial charge in [-0.2, -0.15) is 8.42 Å². The third-order valence-electron chi connectivity index (χ3n) is 1.36. The molecule has 0 amide bonds. The minimum absolute atomic E-state index is 0.137. The summed E-state index contributed by atoms with van der Waals surface area (Å²) >= 11 is 0. The molecule has 0 aliphatic heterocycles. The van der Waals surface area contributed by atoms with Crippen molar-refractivity contribution in [2.45, 2.75) is 13.8 Å². The Bertz CT molecular complexity index is 379. The van der Waals surface area contributed by atoms with Gasteiger partial charge in [0.2, 0.25) is 0 Å². The summed E-state index contributed by atoms with van der Waals surface area (Å²) in [6.45, 7) is 6.63. The van der Waals surface area contributed by atoms with Gasteiger partial charge in [-0.25, -0.2) is 0 Å². The minimum atomic E-state index is -4.11. The summed E-state index contributed by atoms with van der Waals surface area (Å²) in [6, 6.07) is 0. The van der Waals surface area contributed by atoms with E-state index >= 15 is 0 Å². The van der Waals surface area contributed by atoms with E-state index in [1.165, 1.54) is 25.2 Å². The van der Waals surface area contributed by atoms with Gasteiger partial charge in [0.1, 0.15) is 0 Å². The molecule has 13 heavy (non-hydrogen) atoms. The van der Waals surface area contributed by atoms with Crippen molar-refractivity contribution in [3.63, 3.8) is 0 Å². The number of hydrogen-bond acceptors (Lipinski definition) is 2. The van der Waals surface area contributed by atoms with Crippen LogP contribution in [0.4, 0.5) is 0 Å². The largest absolute Gasteiger partial charge is 0.294 e. The number of hydrogen-bond donors (Lipinski definition) is 1. The Labute approximate surface area is 78.5 Å². The second kappa shape index (κ2) is 4.82. The molecule has 0 bridgehead atoms. The van der Waals surface area contributed by atoms with Crippen LogP contribution in [0.5, 0.6) is 0 Å². The Hall–Kier alpha value is -1.09. The first kappa shape index (κ1) is 11.9. The zero-order chi connectivity index (χ0) is 10.5. The van der Waals surface area contributed by atoms with Crippen molar-refractivity contribution in [3.05, 3.63) is 41.0 Å². The first-order valence-corrected chi connectivity index (χ1v) is 5.04.